The Bertz CT molecular complexity index is 344. The zero-order valence-corrected chi connectivity index (χ0v) is 11.0. The molecule has 3 N–H and O–H groups in total. The third-order valence-electron chi connectivity index (χ3n) is 3.50. The molecule has 0 amide bonds. The second kappa shape index (κ2) is 8.67. The van der Waals surface area contributed by atoms with Crippen molar-refractivity contribution in [2.45, 2.75) is 25.7 Å². The van der Waals surface area contributed by atoms with Gasteiger partial charge in [0.2, 0.25) is 0 Å². The number of carboxylic acid groups (broad SMARTS) is 1. The van der Waals surface area contributed by atoms with Gasteiger partial charge in [-0.15, -0.1) is 0 Å². The second-order valence-corrected chi connectivity index (χ2v) is 4.92. The number of hydrogen-bond acceptors (Lipinski definition) is 3. The predicted molar refractivity (Wildman–Crippen MR) is 73.0 cm³/mol. The minimum atomic E-state index is -0.879. The predicted octanol–water partition coefficient (Wildman–Crippen LogP) is 2.16. The molecule has 0 radical (unpaired) electrons. The summed E-state index contributed by atoms with van der Waals surface area (Å²) in [6.45, 7) is 0.663. The molecule has 1 aliphatic carbocycles. The summed E-state index contributed by atoms with van der Waals surface area (Å²) in [4.78, 5) is 10.2. The molecule has 0 bridgehead atoms. The van der Waals surface area contributed by atoms with E-state index in [1.807, 2.05) is 0 Å². The number of aliphatic hydroxyl groups excluding tert-OH is 2. The summed E-state index contributed by atoms with van der Waals surface area (Å²) in [5.74, 6) is 0.154. The first-order chi connectivity index (χ1) is 9.17. The van der Waals surface area contributed by atoms with Crippen LogP contribution < -0.4 is 0 Å². The van der Waals surface area contributed by atoms with E-state index in [9.17, 15) is 4.79 Å². The molecule has 0 heterocycles. The number of aromatic carboxylic acids is 1. The van der Waals surface area contributed by atoms with E-state index < -0.39 is 5.97 Å². The normalized spacial score (nSPS) is 22.2. The van der Waals surface area contributed by atoms with Crippen LogP contribution in [-0.2, 0) is 0 Å². The number of rotatable bonds is 3. The molecule has 0 aromatic heterocycles. The molecule has 4 nitrogen and oxygen atoms in total. The average Bonchev–Trinajstić information content (AvgIpc) is 2.49. The number of benzene rings is 1. The molecule has 1 aromatic carbocycles. The van der Waals surface area contributed by atoms with Crippen LogP contribution in [0, 0.1) is 11.8 Å². The molecular formula is C15H22O4. The molecule has 1 aliphatic rings. The summed E-state index contributed by atoms with van der Waals surface area (Å²) in [6, 6.07) is 8.30. The maximum Gasteiger partial charge on any atom is 0.335 e. The monoisotopic (exact) mass is 266 g/mol. The Morgan fingerprint density at radius 2 is 1.37 bits per heavy atom. The van der Waals surface area contributed by atoms with Crippen LogP contribution in [0.25, 0.3) is 0 Å². The highest BCUT2D eigenvalue weighted by Crippen LogP contribution is 2.27. The van der Waals surface area contributed by atoms with E-state index in [0.717, 1.165) is 25.7 Å². The summed E-state index contributed by atoms with van der Waals surface area (Å²) in [6.07, 6.45) is 4.40. The molecule has 4 heteroatoms. The van der Waals surface area contributed by atoms with E-state index in [-0.39, 0.29) is 0 Å². The third kappa shape index (κ3) is 5.85. The van der Waals surface area contributed by atoms with Crippen molar-refractivity contribution in [3.8, 4) is 0 Å². The molecule has 1 fully saturated rings. The fraction of sp³-hybridized carbons (Fsp3) is 0.533. The van der Waals surface area contributed by atoms with Gasteiger partial charge >= 0.3 is 5.97 Å². The first-order valence-electron chi connectivity index (χ1n) is 6.67. The van der Waals surface area contributed by atoms with Crippen LogP contribution in [0.1, 0.15) is 36.0 Å². The van der Waals surface area contributed by atoms with E-state index in [0.29, 0.717) is 30.6 Å². The minimum absolute atomic E-state index is 0.331. The van der Waals surface area contributed by atoms with Crippen molar-refractivity contribution in [3.63, 3.8) is 0 Å². The largest absolute Gasteiger partial charge is 0.478 e. The topological polar surface area (TPSA) is 77.8 Å². The number of carbonyl (C=O) groups is 1. The van der Waals surface area contributed by atoms with E-state index in [4.69, 9.17) is 15.3 Å². The number of carboxylic acids is 1. The molecule has 0 spiro atoms. The van der Waals surface area contributed by atoms with Gasteiger partial charge < -0.3 is 15.3 Å². The molecule has 0 unspecified atom stereocenters. The Morgan fingerprint density at radius 3 is 1.63 bits per heavy atom. The Morgan fingerprint density at radius 1 is 0.947 bits per heavy atom. The SMILES string of the molecule is O=C(O)c1ccccc1.OCC1CCC(CO)CC1. The highest BCUT2D eigenvalue weighted by Gasteiger charge is 2.19. The quantitative estimate of drug-likeness (QED) is 0.783. The highest BCUT2D eigenvalue weighted by atomic mass is 16.4. The Kier molecular flexibility index (Phi) is 7.15. The van der Waals surface area contributed by atoms with Gasteiger partial charge in [-0.05, 0) is 49.7 Å². The molecule has 106 valence electrons. The molecule has 1 saturated carbocycles. The van der Waals surface area contributed by atoms with Gasteiger partial charge in [0, 0.05) is 13.2 Å². The summed E-state index contributed by atoms with van der Waals surface area (Å²) < 4.78 is 0. The highest BCUT2D eigenvalue weighted by molar-refractivity contribution is 5.87. The zero-order valence-electron chi connectivity index (χ0n) is 11.0. The Balaban J connectivity index is 0.000000191. The second-order valence-electron chi connectivity index (χ2n) is 4.92. The zero-order chi connectivity index (χ0) is 14.1. The first-order valence-corrected chi connectivity index (χ1v) is 6.67. The molecule has 0 aliphatic heterocycles. The summed E-state index contributed by atoms with van der Waals surface area (Å²) in [7, 11) is 0. The van der Waals surface area contributed by atoms with Crippen LogP contribution >= 0.6 is 0 Å². The van der Waals surface area contributed by atoms with Gasteiger partial charge in [-0.3, -0.25) is 0 Å². The van der Waals surface area contributed by atoms with Gasteiger partial charge in [0.25, 0.3) is 0 Å². The van der Waals surface area contributed by atoms with E-state index in [1.54, 1.807) is 30.3 Å². The first kappa shape index (κ1) is 15.7. The van der Waals surface area contributed by atoms with Crippen LogP contribution in [0.2, 0.25) is 0 Å². The van der Waals surface area contributed by atoms with Crippen molar-refractivity contribution >= 4 is 5.97 Å². The van der Waals surface area contributed by atoms with Gasteiger partial charge in [0.1, 0.15) is 0 Å². The van der Waals surface area contributed by atoms with Crippen molar-refractivity contribution in [1.82, 2.24) is 0 Å². The van der Waals surface area contributed by atoms with Crippen LogP contribution in [0.15, 0.2) is 30.3 Å². The standard InChI is InChI=1S/C8H16O2.C7H6O2/c9-5-7-1-2-8(6-10)4-3-7;8-7(9)6-4-2-1-3-5-6/h7-10H,1-6H2;1-5H,(H,8,9). The molecule has 1 aromatic rings. The maximum atomic E-state index is 10.2. The molecular weight excluding hydrogens is 244 g/mol. The van der Waals surface area contributed by atoms with Crippen LogP contribution in [0.3, 0.4) is 0 Å². The lowest BCUT2D eigenvalue weighted by Gasteiger charge is -2.25. The smallest absolute Gasteiger partial charge is 0.335 e. The fourth-order valence-corrected chi connectivity index (χ4v) is 2.18. The van der Waals surface area contributed by atoms with E-state index in [1.165, 1.54) is 0 Å². The Labute approximate surface area is 113 Å². The summed E-state index contributed by atoms with van der Waals surface area (Å²) in [5.41, 5.74) is 0.331. The van der Waals surface area contributed by atoms with Gasteiger partial charge in [-0.25, -0.2) is 4.79 Å². The van der Waals surface area contributed by atoms with Crippen LogP contribution in [-0.4, -0.2) is 34.5 Å². The molecule has 0 atom stereocenters. The van der Waals surface area contributed by atoms with Crippen LogP contribution in [0.5, 0.6) is 0 Å². The maximum absolute atomic E-state index is 10.2. The summed E-state index contributed by atoms with van der Waals surface area (Å²) in [5, 5.41) is 26.0. The Hall–Kier alpha value is -1.39. The van der Waals surface area contributed by atoms with E-state index >= 15 is 0 Å². The average molecular weight is 266 g/mol. The van der Waals surface area contributed by atoms with Gasteiger partial charge in [0.05, 0.1) is 5.56 Å². The van der Waals surface area contributed by atoms with Crippen molar-refractivity contribution in [3.05, 3.63) is 35.9 Å². The van der Waals surface area contributed by atoms with Gasteiger partial charge in [-0.2, -0.15) is 0 Å². The third-order valence-corrected chi connectivity index (χ3v) is 3.50. The minimum Gasteiger partial charge on any atom is -0.478 e. The summed E-state index contributed by atoms with van der Waals surface area (Å²) >= 11 is 0. The number of aliphatic hydroxyl groups is 2. The lowest BCUT2D eigenvalue weighted by atomic mass is 9.83. The van der Waals surface area contributed by atoms with Crippen molar-refractivity contribution < 1.29 is 20.1 Å². The molecule has 19 heavy (non-hydrogen) atoms. The van der Waals surface area contributed by atoms with E-state index in [2.05, 4.69) is 0 Å². The van der Waals surface area contributed by atoms with Crippen molar-refractivity contribution in [2.75, 3.05) is 13.2 Å². The molecule has 2 rings (SSSR count). The number of hydrogen-bond donors (Lipinski definition) is 3. The molecule has 0 saturated heterocycles. The van der Waals surface area contributed by atoms with Crippen molar-refractivity contribution in [1.29, 1.82) is 0 Å². The van der Waals surface area contributed by atoms with Gasteiger partial charge in [-0.1, -0.05) is 18.2 Å². The fourth-order valence-electron chi connectivity index (χ4n) is 2.18. The van der Waals surface area contributed by atoms with Crippen LogP contribution in [0.4, 0.5) is 0 Å². The lowest BCUT2D eigenvalue weighted by Crippen LogP contribution is -2.19. The lowest BCUT2D eigenvalue weighted by molar-refractivity contribution is 0.0697. The van der Waals surface area contributed by atoms with Crippen molar-refractivity contribution in [2.24, 2.45) is 11.8 Å². The van der Waals surface area contributed by atoms with Gasteiger partial charge in [0.15, 0.2) is 0 Å².